The zero-order chi connectivity index (χ0) is 15.4. The van der Waals surface area contributed by atoms with Crippen LogP contribution in [-0.2, 0) is 15.6 Å². The fourth-order valence-electron chi connectivity index (χ4n) is 2.05. The zero-order valence-electron chi connectivity index (χ0n) is 11.9. The van der Waals surface area contributed by atoms with Crippen LogP contribution in [0.15, 0.2) is 47.4 Å². The minimum absolute atomic E-state index is 0.198. The predicted molar refractivity (Wildman–Crippen MR) is 82.2 cm³/mol. The number of benzene rings is 2. The number of hydrogen-bond donors (Lipinski definition) is 1. The van der Waals surface area contributed by atoms with Gasteiger partial charge in [-0.1, -0.05) is 12.1 Å². The number of aryl methyl sites for hydroxylation is 2. The second kappa shape index (κ2) is 6.63. The molecule has 0 spiro atoms. The van der Waals surface area contributed by atoms with Gasteiger partial charge in [0.05, 0.1) is 10.8 Å². The first-order valence-electron chi connectivity index (χ1n) is 6.46. The number of rotatable bonds is 4. The summed E-state index contributed by atoms with van der Waals surface area (Å²) in [5, 5.41) is 2.71. The first-order chi connectivity index (χ1) is 9.94. The molecule has 2 aromatic carbocycles. The van der Waals surface area contributed by atoms with Crippen molar-refractivity contribution < 1.29 is 13.4 Å². The first kappa shape index (κ1) is 15.4. The molecule has 0 fully saturated rings. The van der Waals surface area contributed by atoms with E-state index in [1.54, 1.807) is 6.07 Å². The summed E-state index contributed by atoms with van der Waals surface area (Å²) in [6, 6.07) is 11.2. The van der Waals surface area contributed by atoms with Crippen molar-refractivity contribution in [3.8, 4) is 0 Å². The van der Waals surface area contributed by atoms with Crippen molar-refractivity contribution in [1.82, 2.24) is 0 Å². The molecule has 0 saturated heterocycles. The number of carbonyl (C=O) groups is 1. The van der Waals surface area contributed by atoms with Crippen LogP contribution < -0.4 is 5.32 Å². The Kier molecular flexibility index (Phi) is 4.85. The van der Waals surface area contributed by atoms with Gasteiger partial charge in [-0.3, -0.25) is 9.00 Å². The van der Waals surface area contributed by atoms with Crippen LogP contribution in [0.2, 0.25) is 0 Å². The minimum Gasteiger partial charge on any atom is -0.325 e. The summed E-state index contributed by atoms with van der Waals surface area (Å²) >= 11 is 0. The summed E-state index contributed by atoms with van der Waals surface area (Å²) in [5.41, 5.74) is 2.75. The largest absolute Gasteiger partial charge is 0.325 e. The van der Waals surface area contributed by atoms with Crippen LogP contribution in [0.3, 0.4) is 0 Å². The summed E-state index contributed by atoms with van der Waals surface area (Å²) in [4.78, 5) is 12.2. The lowest BCUT2D eigenvalue weighted by molar-refractivity contribution is -0.113. The average Bonchev–Trinajstić information content (AvgIpc) is 2.37. The standard InChI is InChI=1S/C16H16FNO2S/c1-11-6-12(2)8-14(7-11)18-16(19)10-21(20)15-5-3-4-13(17)9-15/h3-9H,10H2,1-2H3,(H,18,19)/t21-/m1/s1. The molecule has 0 aliphatic heterocycles. The third kappa shape index (κ3) is 4.49. The van der Waals surface area contributed by atoms with Crippen LogP contribution in [-0.4, -0.2) is 15.9 Å². The fraction of sp³-hybridized carbons (Fsp3) is 0.188. The Balaban J connectivity index is 2.03. The second-order valence-electron chi connectivity index (χ2n) is 4.87. The maximum atomic E-state index is 13.1. The molecule has 2 aromatic rings. The van der Waals surface area contributed by atoms with Crippen LogP contribution >= 0.6 is 0 Å². The lowest BCUT2D eigenvalue weighted by Gasteiger charge is -2.07. The number of anilines is 1. The van der Waals surface area contributed by atoms with Gasteiger partial charge in [-0.25, -0.2) is 4.39 Å². The number of halogens is 1. The Hall–Kier alpha value is -2.01. The SMILES string of the molecule is Cc1cc(C)cc(NC(=O)C[S@@](=O)c2cccc(F)c2)c1. The predicted octanol–water partition coefficient (Wildman–Crippen LogP) is 3.19. The molecule has 3 nitrogen and oxygen atoms in total. The Morgan fingerprint density at radius 1 is 1.14 bits per heavy atom. The maximum absolute atomic E-state index is 13.1. The number of amides is 1. The summed E-state index contributed by atoms with van der Waals surface area (Å²) in [6.07, 6.45) is 0. The van der Waals surface area contributed by atoms with Gasteiger partial charge in [0.15, 0.2) is 0 Å². The van der Waals surface area contributed by atoms with Gasteiger partial charge in [0.1, 0.15) is 11.6 Å². The molecule has 0 radical (unpaired) electrons. The molecular formula is C16H16FNO2S. The van der Waals surface area contributed by atoms with Crippen molar-refractivity contribution in [2.75, 3.05) is 11.1 Å². The highest BCUT2D eigenvalue weighted by Crippen LogP contribution is 2.14. The van der Waals surface area contributed by atoms with E-state index < -0.39 is 16.6 Å². The Morgan fingerprint density at radius 2 is 1.81 bits per heavy atom. The molecule has 1 amide bonds. The van der Waals surface area contributed by atoms with Gasteiger partial charge in [0.25, 0.3) is 0 Å². The Bertz CT molecular complexity index is 680. The zero-order valence-corrected chi connectivity index (χ0v) is 12.7. The number of nitrogens with one attached hydrogen (secondary N) is 1. The molecule has 0 aliphatic carbocycles. The highest BCUT2D eigenvalue weighted by Gasteiger charge is 2.11. The Labute approximate surface area is 125 Å². The highest BCUT2D eigenvalue weighted by molar-refractivity contribution is 7.85. The monoisotopic (exact) mass is 305 g/mol. The van der Waals surface area contributed by atoms with E-state index in [-0.39, 0.29) is 11.7 Å². The van der Waals surface area contributed by atoms with E-state index in [0.717, 1.165) is 11.1 Å². The highest BCUT2D eigenvalue weighted by atomic mass is 32.2. The van der Waals surface area contributed by atoms with Crippen molar-refractivity contribution >= 4 is 22.4 Å². The van der Waals surface area contributed by atoms with Crippen molar-refractivity contribution in [2.24, 2.45) is 0 Å². The van der Waals surface area contributed by atoms with Crippen molar-refractivity contribution in [2.45, 2.75) is 18.7 Å². The molecule has 0 aliphatic rings. The van der Waals surface area contributed by atoms with Gasteiger partial charge >= 0.3 is 0 Å². The van der Waals surface area contributed by atoms with Crippen LogP contribution in [0.5, 0.6) is 0 Å². The van der Waals surface area contributed by atoms with Gasteiger partial charge in [-0.15, -0.1) is 0 Å². The molecule has 0 bridgehead atoms. The van der Waals surface area contributed by atoms with Crippen LogP contribution in [0.1, 0.15) is 11.1 Å². The molecule has 21 heavy (non-hydrogen) atoms. The molecular weight excluding hydrogens is 289 g/mol. The molecule has 0 unspecified atom stereocenters. The third-order valence-corrected chi connectivity index (χ3v) is 4.13. The van der Waals surface area contributed by atoms with Crippen LogP contribution in [0.4, 0.5) is 10.1 Å². The molecule has 0 saturated carbocycles. The minimum atomic E-state index is -1.56. The van der Waals surface area contributed by atoms with Gasteiger partial charge in [0, 0.05) is 10.6 Å². The summed E-state index contributed by atoms with van der Waals surface area (Å²) < 4.78 is 25.1. The molecule has 1 atom stereocenters. The fourth-order valence-corrected chi connectivity index (χ4v) is 3.01. The first-order valence-corrected chi connectivity index (χ1v) is 7.78. The van der Waals surface area contributed by atoms with Crippen LogP contribution in [0.25, 0.3) is 0 Å². The van der Waals surface area contributed by atoms with Crippen molar-refractivity contribution in [3.05, 3.63) is 59.4 Å². The third-order valence-electron chi connectivity index (χ3n) is 2.83. The second-order valence-corrected chi connectivity index (χ2v) is 6.32. The van der Waals surface area contributed by atoms with E-state index in [1.165, 1.54) is 18.2 Å². The van der Waals surface area contributed by atoms with Gasteiger partial charge < -0.3 is 5.32 Å². The molecule has 0 aromatic heterocycles. The summed E-state index contributed by atoms with van der Waals surface area (Å²) in [7, 11) is -1.56. The summed E-state index contributed by atoms with van der Waals surface area (Å²) in [5.74, 6) is -1.02. The maximum Gasteiger partial charge on any atom is 0.237 e. The molecule has 1 N–H and O–H groups in total. The molecule has 110 valence electrons. The quantitative estimate of drug-likeness (QED) is 0.943. The normalized spacial score (nSPS) is 12.0. The van der Waals surface area contributed by atoms with Crippen LogP contribution in [0, 0.1) is 19.7 Å². The van der Waals surface area contributed by atoms with E-state index in [4.69, 9.17) is 0 Å². The van der Waals surface area contributed by atoms with Gasteiger partial charge in [0.2, 0.25) is 5.91 Å². The van der Waals surface area contributed by atoms with E-state index >= 15 is 0 Å². The lowest BCUT2D eigenvalue weighted by Crippen LogP contribution is -2.19. The van der Waals surface area contributed by atoms with Gasteiger partial charge in [-0.2, -0.15) is 0 Å². The van der Waals surface area contributed by atoms with Gasteiger partial charge in [-0.05, 0) is 55.3 Å². The molecule has 0 heterocycles. The molecule has 2 rings (SSSR count). The smallest absolute Gasteiger partial charge is 0.237 e. The van der Waals surface area contributed by atoms with Crippen molar-refractivity contribution in [3.63, 3.8) is 0 Å². The Morgan fingerprint density at radius 3 is 2.43 bits per heavy atom. The summed E-state index contributed by atoms with van der Waals surface area (Å²) in [6.45, 7) is 3.88. The molecule has 5 heteroatoms. The lowest BCUT2D eigenvalue weighted by atomic mass is 10.1. The van der Waals surface area contributed by atoms with E-state index in [0.29, 0.717) is 10.6 Å². The number of carbonyl (C=O) groups excluding carboxylic acids is 1. The van der Waals surface area contributed by atoms with E-state index in [9.17, 15) is 13.4 Å². The average molecular weight is 305 g/mol. The van der Waals surface area contributed by atoms with Crippen molar-refractivity contribution in [1.29, 1.82) is 0 Å². The van der Waals surface area contributed by atoms with E-state index in [1.807, 2.05) is 32.0 Å². The van der Waals surface area contributed by atoms with E-state index in [2.05, 4.69) is 5.32 Å². The number of hydrogen-bond acceptors (Lipinski definition) is 2. The topological polar surface area (TPSA) is 46.2 Å².